The third-order valence-electron chi connectivity index (χ3n) is 2.13. The molecule has 0 saturated carbocycles. The van der Waals surface area contributed by atoms with Crippen LogP contribution in [0.4, 0.5) is 0 Å². The zero-order chi connectivity index (χ0) is 10.1. The summed E-state index contributed by atoms with van der Waals surface area (Å²) in [7, 11) is 0. The van der Waals surface area contributed by atoms with Gasteiger partial charge in [0.05, 0.1) is 23.7 Å². The van der Waals surface area contributed by atoms with Gasteiger partial charge in [-0.25, -0.2) is 0 Å². The van der Waals surface area contributed by atoms with Crippen molar-refractivity contribution in [2.45, 2.75) is 19.6 Å². The zero-order valence-corrected chi connectivity index (χ0v) is 8.71. The molecule has 0 aliphatic rings. The molecular weight excluding hydrogens is 196 g/mol. The quantitative estimate of drug-likeness (QED) is 0.742. The first-order chi connectivity index (χ1) is 6.68. The highest BCUT2D eigenvalue weighted by atomic mass is 32.1. The van der Waals surface area contributed by atoms with Crippen LogP contribution in [0, 0.1) is 4.77 Å². The lowest BCUT2D eigenvalue weighted by Crippen LogP contribution is -2.11. The van der Waals surface area contributed by atoms with Gasteiger partial charge in [0.1, 0.15) is 0 Å². The number of nitrogens with zero attached hydrogens (tertiary/aromatic N) is 1. The van der Waals surface area contributed by atoms with E-state index in [2.05, 4.69) is 4.98 Å². The molecule has 0 unspecified atom stereocenters. The fourth-order valence-corrected chi connectivity index (χ4v) is 1.84. The standard InChI is InChI=1S/C10H12N2OS/c1-7(13)6-12-9-5-3-2-4-8(9)11-10(12)14/h2-5,7,13H,6H2,1H3,(H,11,14)/t7-/m1/s1. The minimum absolute atomic E-state index is 0.388. The molecule has 4 heteroatoms. The van der Waals surface area contributed by atoms with E-state index >= 15 is 0 Å². The molecule has 3 nitrogen and oxygen atoms in total. The Hall–Kier alpha value is -1.13. The Bertz CT molecular complexity index is 498. The number of benzene rings is 1. The summed E-state index contributed by atoms with van der Waals surface area (Å²) in [5, 5.41) is 9.33. The number of aromatic nitrogens is 2. The van der Waals surface area contributed by atoms with Crippen molar-refractivity contribution in [1.29, 1.82) is 0 Å². The summed E-state index contributed by atoms with van der Waals surface area (Å²) < 4.78 is 2.57. The Labute approximate surface area is 87.0 Å². The summed E-state index contributed by atoms with van der Waals surface area (Å²) in [5.74, 6) is 0. The zero-order valence-electron chi connectivity index (χ0n) is 7.90. The van der Waals surface area contributed by atoms with Crippen molar-refractivity contribution >= 4 is 23.3 Å². The second-order valence-electron chi connectivity index (χ2n) is 3.41. The van der Waals surface area contributed by atoms with Crippen molar-refractivity contribution in [3.05, 3.63) is 29.0 Å². The highest BCUT2D eigenvalue weighted by Gasteiger charge is 2.05. The molecule has 14 heavy (non-hydrogen) atoms. The summed E-state index contributed by atoms with van der Waals surface area (Å²) in [6.45, 7) is 2.28. The van der Waals surface area contributed by atoms with E-state index in [0.29, 0.717) is 11.3 Å². The van der Waals surface area contributed by atoms with E-state index in [-0.39, 0.29) is 6.10 Å². The van der Waals surface area contributed by atoms with Gasteiger partial charge in [0.25, 0.3) is 0 Å². The Balaban J connectivity index is 2.62. The minimum Gasteiger partial charge on any atom is -0.392 e. The fraction of sp³-hybridized carbons (Fsp3) is 0.300. The number of aliphatic hydroxyl groups excluding tert-OH is 1. The predicted molar refractivity (Wildman–Crippen MR) is 58.8 cm³/mol. The number of fused-ring (bicyclic) bond motifs is 1. The molecule has 0 radical (unpaired) electrons. The summed E-state index contributed by atoms with van der Waals surface area (Å²) in [4.78, 5) is 3.10. The molecule has 2 N–H and O–H groups in total. The number of para-hydroxylation sites is 2. The maximum atomic E-state index is 9.33. The lowest BCUT2D eigenvalue weighted by molar-refractivity contribution is 0.174. The Morgan fingerprint density at radius 1 is 1.50 bits per heavy atom. The average Bonchev–Trinajstić information content (AvgIpc) is 2.43. The van der Waals surface area contributed by atoms with Gasteiger partial charge in [-0.05, 0) is 31.3 Å². The van der Waals surface area contributed by atoms with E-state index in [1.807, 2.05) is 28.8 Å². The fourth-order valence-electron chi connectivity index (χ4n) is 1.55. The SMILES string of the molecule is C[C@@H](O)Cn1c(=S)[nH]c2ccccc21. The lowest BCUT2D eigenvalue weighted by atomic mass is 10.3. The van der Waals surface area contributed by atoms with Crippen molar-refractivity contribution in [3.63, 3.8) is 0 Å². The first-order valence-electron chi connectivity index (χ1n) is 4.54. The first kappa shape index (κ1) is 9.43. The molecule has 0 saturated heterocycles. The number of hydrogen-bond donors (Lipinski definition) is 2. The Morgan fingerprint density at radius 2 is 2.21 bits per heavy atom. The van der Waals surface area contributed by atoms with Gasteiger partial charge < -0.3 is 14.7 Å². The van der Waals surface area contributed by atoms with E-state index < -0.39 is 0 Å². The number of rotatable bonds is 2. The molecule has 0 bridgehead atoms. The average molecular weight is 208 g/mol. The topological polar surface area (TPSA) is 41.0 Å². The van der Waals surface area contributed by atoms with Gasteiger partial charge in [-0.3, -0.25) is 0 Å². The molecule has 0 spiro atoms. The van der Waals surface area contributed by atoms with Gasteiger partial charge in [-0.15, -0.1) is 0 Å². The number of imidazole rings is 1. The molecule has 0 fully saturated rings. The smallest absolute Gasteiger partial charge is 0.178 e. The highest BCUT2D eigenvalue weighted by Crippen LogP contribution is 2.13. The van der Waals surface area contributed by atoms with Crippen molar-refractivity contribution in [3.8, 4) is 0 Å². The van der Waals surface area contributed by atoms with Crippen molar-refractivity contribution in [2.24, 2.45) is 0 Å². The minimum atomic E-state index is -0.388. The molecule has 0 aliphatic carbocycles. The largest absolute Gasteiger partial charge is 0.392 e. The van der Waals surface area contributed by atoms with Crippen LogP contribution in [0.2, 0.25) is 0 Å². The summed E-state index contributed by atoms with van der Waals surface area (Å²) in [6.07, 6.45) is -0.388. The van der Waals surface area contributed by atoms with Crippen LogP contribution in [0.15, 0.2) is 24.3 Å². The number of H-pyrrole nitrogens is 1. The molecule has 74 valence electrons. The predicted octanol–water partition coefficient (Wildman–Crippen LogP) is 2.08. The van der Waals surface area contributed by atoms with Crippen LogP contribution in [0.25, 0.3) is 11.0 Å². The van der Waals surface area contributed by atoms with Gasteiger partial charge in [0.2, 0.25) is 0 Å². The Kier molecular flexibility index (Phi) is 2.39. The van der Waals surface area contributed by atoms with Crippen molar-refractivity contribution in [2.75, 3.05) is 0 Å². The van der Waals surface area contributed by atoms with Crippen LogP contribution < -0.4 is 0 Å². The second kappa shape index (κ2) is 3.55. The van der Waals surface area contributed by atoms with Crippen LogP contribution in [0.3, 0.4) is 0 Å². The lowest BCUT2D eigenvalue weighted by Gasteiger charge is -2.06. The third-order valence-corrected chi connectivity index (χ3v) is 2.45. The summed E-state index contributed by atoms with van der Waals surface area (Å²) in [5.41, 5.74) is 2.05. The van der Waals surface area contributed by atoms with Crippen LogP contribution in [-0.2, 0) is 6.54 Å². The molecule has 2 rings (SSSR count). The molecule has 1 aromatic carbocycles. The molecule has 2 aromatic rings. The molecule has 1 atom stereocenters. The van der Waals surface area contributed by atoms with Gasteiger partial charge in [-0.2, -0.15) is 0 Å². The van der Waals surface area contributed by atoms with E-state index in [4.69, 9.17) is 12.2 Å². The molecule has 1 heterocycles. The van der Waals surface area contributed by atoms with Crippen LogP contribution in [0.1, 0.15) is 6.92 Å². The Morgan fingerprint density at radius 3 is 2.93 bits per heavy atom. The van der Waals surface area contributed by atoms with E-state index in [1.165, 1.54) is 0 Å². The van der Waals surface area contributed by atoms with E-state index in [0.717, 1.165) is 11.0 Å². The summed E-state index contributed by atoms with van der Waals surface area (Å²) >= 11 is 5.17. The third kappa shape index (κ3) is 1.58. The first-order valence-corrected chi connectivity index (χ1v) is 4.95. The van der Waals surface area contributed by atoms with Gasteiger partial charge >= 0.3 is 0 Å². The normalized spacial score (nSPS) is 13.3. The van der Waals surface area contributed by atoms with Crippen molar-refractivity contribution in [1.82, 2.24) is 9.55 Å². The molecule has 0 amide bonds. The maximum Gasteiger partial charge on any atom is 0.178 e. The second-order valence-corrected chi connectivity index (χ2v) is 3.79. The maximum absolute atomic E-state index is 9.33. The number of nitrogens with one attached hydrogen (secondary N) is 1. The molecule has 1 aromatic heterocycles. The monoisotopic (exact) mass is 208 g/mol. The van der Waals surface area contributed by atoms with Crippen LogP contribution >= 0.6 is 12.2 Å². The molecule has 0 aliphatic heterocycles. The van der Waals surface area contributed by atoms with E-state index in [1.54, 1.807) is 6.92 Å². The van der Waals surface area contributed by atoms with Crippen LogP contribution in [-0.4, -0.2) is 20.8 Å². The van der Waals surface area contributed by atoms with E-state index in [9.17, 15) is 5.11 Å². The van der Waals surface area contributed by atoms with Crippen LogP contribution in [0.5, 0.6) is 0 Å². The van der Waals surface area contributed by atoms with Gasteiger partial charge in [-0.1, -0.05) is 12.1 Å². The van der Waals surface area contributed by atoms with Crippen molar-refractivity contribution < 1.29 is 5.11 Å². The number of aromatic amines is 1. The number of hydrogen-bond acceptors (Lipinski definition) is 2. The van der Waals surface area contributed by atoms with Gasteiger partial charge in [0, 0.05) is 0 Å². The molecular formula is C10H12N2OS. The van der Waals surface area contributed by atoms with Gasteiger partial charge in [0.15, 0.2) is 4.77 Å². The highest BCUT2D eigenvalue weighted by molar-refractivity contribution is 7.71. The number of aliphatic hydroxyl groups is 1. The summed E-state index contributed by atoms with van der Waals surface area (Å²) in [6, 6.07) is 7.89.